The van der Waals surface area contributed by atoms with Crippen LogP contribution in [-0.2, 0) is 11.3 Å². The molecule has 0 aliphatic heterocycles. The summed E-state index contributed by atoms with van der Waals surface area (Å²) in [4.78, 5) is 33.2. The van der Waals surface area contributed by atoms with Gasteiger partial charge in [0.2, 0.25) is 5.91 Å². The van der Waals surface area contributed by atoms with Crippen LogP contribution >= 0.6 is 11.3 Å². The maximum absolute atomic E-state index is 12.7. The lowest BCUT2D eigenvalue weighted by Crippen LogP contribution is -2.30. The second-order valence-corrected chi connectivity index (χ2v) is 6.81. The monoisotopic (exact) mass is 356 g/mol. The molecular weight excluding hydrogens is 340 g/mol. The molecule has 0 unspecified atom stereocenters. The van der Waals surface area contributed by atoms with E-state index in [4.69, 9.17) is 0 Å². The molecule has 3 aromatic heterocycles. The van der Waals surface area contributed by atoms with Gasteiger partial charge in [0.25, 0.3) is 0 Å². The molecule has 0 atom stereocenters. The number of amides is 1. The molecule has 1 N–H and O–H groups in total. The van der Waals surface area contributed by atoms with Gasteiger partial charge in [0.15, 0.2) is 11.0 Å². The zero-order chi connectivity index (χ0) is 17.4. The second kappa shape index (κ2) is 6.25. The average Bonchev–Trinajstić information content (AvgIpc) is 3.28. The van der Waals surface area contributed by atoms with Crippen LogP contribution in [0.3, 0.4) is 0 Å². The van der Waals surface area contributed by atoms with Crippen molar-refractivity contribution >= 4 is 22.4 Å². The van der Waals surface area contributed by atoms with Crippen molar-refractivity contribution in [1.82, 2.24) is 24.3 Å². The summed E-state index contributed by atoms with van der Waals surface area (Å²) in [6.07, 6.45) is 5.24. The molecule has 25 heavy (non-hydrogen) atoms. The first-order valence-corrected chi connectivity index (χ1v) is 8.81. The molecule has 8 nitrogen and oxygen atoms in total. The first kappa shape index (κ1) is 15.7. The van der Waals surface area contributed by atoms with E-state index in [1.54, 1.807) is 23.0 Å². The first-order valence-electron chi connectivity index (χ1n) is 7.93. The number of aromatic nitrogens is 5. The molecule has 1 aliphatic rings. The number of rotatable bonds is 5. The number of hydrogen-bond acceptors (Lipinski definition) is 6. The van der Waals surface area contributed by atoms with Crippen LogP contribution in [0.15, 0.2) is 34.7 Å². The smallest absolute Gasteiger partial charge is 0.300 e. The minimum atomic E-state index is -0.324. The average molecular weight is 356 g/mol. The van der Waals surface area contributed by atoms with Gasteiger partial charge < -0.3 is 5.32 Å². The van der Waals surface area contributed by atoms with Gasteiger partial charge in [0, 0.05) is 29.4 Å². The zero-order valence-electron chi connectivity index (χ0n) is 13.5. The summed E-state index contributed by atoms with van der Waals surface area (Å²) in [6, 6.07) is 3.81. The standard InChI is InChI=1S/C16H16N6O2S/c1-10-9-25-15(18-10)19-13(23)8-21-16(24)22(12-4-5-12)14(20-21)11-3-2-6-17-7-11/h2-3,6-7,9,12H,4-5,8H2,1H3,(H,18,19,23). The predicted octanol–water partition coefficient (Wildman–Crippen LogP) is 1.85. The minimum Gasteiger partial charge on any atom is -0.300 e. The van der Waals surface area contributed by atoms with Crippen molar-refractivity contribution in [3.05, 3.63) is 46.1 Å². The van der Waals surface area contributed by atoms with Gasteiger partial charge in [-0.2, -0.15) is 0 Å². The molecule has 1 aliphatic carbocycles. The summed E-state index contributed by atoms with van der Waals surface area (Å²) in [5, 5.41) is 9.45. The van der Waals surface area contributed by atoms with Crippen LogP contribution < -0.4 is 11.0 Å². The van der Waals surface area contributed by atoms with Gasteiger partial charge in [0.1, 0.15) is 6.54 Å². The fourth-order valence-corrected chi connectivity index (χ4v) is 3.29. The maximum Gasteiger partial charge on any atom is 0.346 e. The quantitative estimate of drug-likeness (QED) is 0.753. The van der Waals surface area contributed by atoms with E-state index in [9.17, 15) is 9.59 Å². The van der Waals surface area contributed by atoms with Crippen molar-refractivity contribution in [3.8, 4) is 11.4 Å². The number of carbonyl (C=O) groups is 1. The van der Waals surface area contributed by atoms with Crippen molar-refractivity contribution in [2.45, 2.75) is 32.4 Å². The summed E-state index contributed by atoms with van der Waals surface area (Å²) in [5.41, 5.74) is 1.34. The van der Waals surface area contributed by atoms with Gasteiger partial charge >= 0.3 is 5.69 Å². The van der Waals surface area contributed by atoms with Crippen molar-refractivity contribution in [2.75, 3.05) is 5.32 Å². The fraction of sp³-hybridized carbons (Fsp3) is 0.312. The van der Waals surface area contributed by atoms with E-state index in [0.29, 0.717) is 11.0 Å². The largest absolute Gasteiger partial charge is 0.346 e. The van der Waals surface area contributed by atoms with Gasteiger partial charge in [-0.05, 0) is 31.9 Å². The number of pyridine rings is 1. The van der Waals surface area contributed by atoms with E-state index in [0.717, 1.165) is 24.1 Å². The first-order chi connectivity index (χ1) is 12.1. The topological polar surface area (TPSA) is 94.7 Å². The SMILES string of the molecule is Cc1csc(NC(=O)Cn2nc(-c3cccnc3)n(C3CC3)c2=O)n1. The summed E-state index contributed by atoms with van der Waals surface area (Å²) in [5.74, 6) is 0.230. The predicted molar refractivity (Wildman–Crippen MR) is 93.5 cm³/mol. The van der Waals surface area contributed by atoms with Gasteiger partial charge in [-0.25, -0.2) is 14.5 Å². The second-order valence-electron chi connectivity index (χ2n) is 5.95. The molecular formula is C16H16N6O2S. The number of hydrogen-bond donors (Lipinski definition) is 1. The lowest BCUT2D eigenvalue weighted by molar-refractivity contribution is -0.117. The third-order valence-corrected chi connectivity index (χ3v) is 4.74. The van der Waals surface area contributed by atoms with E-state index in [1.165, 1.54) is 16.0 Å². The zero-order valence-corrected chi connectivity index (χ0v) is 14.4. The molecule has 0 radical (unpaired) electrons. The van der Waals surface area contributed by atoms with Crippen LogP contribution in [0.2, 0.25) is 0 Å². The van der Waals surface area contributed by atoms with Crippen LogP contribution in [0.4, 0.5) is 5.13 Å². The van der Waals surface area contributed by atoms with Crippen LogP contribution in [0.1, 0.15) is 24.6 Å². The molecule has 4 rings (SSSR count). The van der Waals surface area contributed by atoms with Crippen LogP contribution in [0.5, 0.6) is 0 Å². The van der Waals surface area contributed by atoms with Crippen LogP contribution in [-0.4, -0.2) is 30.2 Å². The Morgan fingerprint density at radius 2 is 2.28 bits per heavy atom. The molecule has 9 heteroatoms. The molecule has 0 saturated heterocycles. The van der Waals surface area contributed by atoms with E-state index >= 15 is 0 Å². The van der Waals surface area contributed by atoms with Gasteiger partial charge in [-0.3, -0.25) is 14.3 Å². The third-order valence-electron chi connectivity index (χ3n) is 3.86. The van der Waals surface area contributed by atoms with E-state index in [2.05, 4.69) is 20.4 Å². The Labute approximate surface area is 147 Å². The lowest BCUT2D eigenvalue weighted by atomic mass is 10.3. The minimum absolute atomic E-state index is 0.148. The van der Waals surface area contributed by atoms with E-state index < -0.39 is 0 Å². The summed E-state index contributed by atoms with van der Waals surface area (Å²) >= 11 is 1.35. The third kappa shape index (κ3) is 3.22. The Balaban J connectivity index is 1.62. The number of carbonyl (C=O) groups excluding carboxylic acids is 1. The Morgan fingerprint density at radius 1 is 1.44 bits per heavy atom. The fourth-order valence-electron chi connectivity index (χ4n) is 2.58. The Bertz CT molecular complexity index is 970. The number of anilines is 1. The number of aryl methyl sites for hydroxylation is 1. The Hall–Kier alpha value is -2.81. The van der Waals surface area contributed by atoms with Crippen molar-refractivity contribution < 1.29 is 4.79 Å². The summed E-state index contributed by atoms with van der Waals surface area (Å²) in [7, 11) is 0. The lowest BCUT2D eigenvalue weighted by Gasteiger charge is -2.02. The molecule has 0 bridgehead atoms. The Morgan fingerprint density at radius 3 is 2.92 bits per heavy atom. The highest BCUT2D eigenvalue weighted by Crippen LogP contribution is 2.36. The molecule has 128 valence electrons. The number of nitrogens with zero attached hydrogens (tertiary/aromatic N) is 5. The molecule has 0 aromatic carbocycles. The summed E-state index contributed by atoms with van der Waals surface area (Å²) in [6.45, 7) is 1.71. The van der Waals surface area contributed by atoms with Gasteiger partial charge in [-0.15, -0.1) is 16.4 Å². The normalized spacial score (nSPS) is 13.8. The van der Waals surface area contributed by atoms with Gasteiger partial charge in [-0.1, -0.05) is 0 Å². The highest BCUT2D eigenvalue weighted by molar-refractivity contribution is 7.13. The maximum atomic E-state index is 12.7. The molecule has 1 saturated carbocycles. The molecule has 0 spiro atoms. The van der Waals surface area contributed by atoms with Crippen LogP contribution in [0.25, 0.3) is 11.4 Å². The summed E-state index contributed by atoms with van der Waals surface area (Å²) < 4.78 is 2.87. The van der Waals surface area contributed by atoms with E-state index in [1.807, 2.05) is 18.4 Å². The molecule has 1 amide bonds. The van der Waals surface area contributed by atoms with Crippen molar-refractivity contribution in [1.29, 1.82) is 0 Å². The Kier molecular flexibility index (Phi) is 3.92. The van der Waals surface area contributed by atoms with Crippen LogP contribution in [0, 0.1) is 6.92 Å². The van der Waals surface area contributed by atoms with Gasteiger partial charge in [0.05, 0.1) is 5.69 Å². The number of nitrogens with one attached hydrogen (secondary N) is 1. The van der Waals surface area contributed by atoms with Crippen molar-refractivity contribution in [2.24, 2.45) is 0 Å². The van der Waals surface area contributed by atoms with Crippen molar-refractivity contribution in [3.63, 3.8) is 0 Å². The van der Waals surface area contributed by atoms with E-state index in [-0.39, 0.29) is 24.2 Å². The number of thiazole rings is 1. The molecule has 3 aromatic rings. The molecule has 3 heterocycles. The highest BCUT2D eigenvalue weighted by Gasteiger charge is 2.30. The highest BCUT2D eigenvalue weighted by atomic mass is 32.1. The molecule has 1 fully saturated rings.